The maximum Gasteiger partial charge on any atom is 0.323 e. The van der Waals surface area contributed by atoms with E-state index < -0.39 is 0 Å². The number of hydrogen-bond donors (Lipinski definition) is 2. The zero-order chi connectivity index (χ0) is 20.4. The van der Waals surface area contributed by atoms with Crippen LogP contribution in [0.1, 0.15) is 30.4 Å². The molecule has 0 radical (unpaired) electrons. The first-order valence-electron chi connectivity index (χ1n) is 10.00. The molecule has 0 aliphatic carbocycles. The van der Waals surface area contributed by atoms with E-state index in [1.54, 1.807) is 12.1 Å². The lowest BCUT2D eigenvalue weighted by Crippen LogP contribution is -2.30. The van der Waals surface area contributed by atoms with Crippen LogP contribution >= 0.6 is 11.6 Å². The first-order chi connectivity index (χ1) is 14.0. The van der Waals surface area contributed by atoms with Gasteiger partial charge < -0.3 is 15.5 Å². The molecule has 1 saturated heterocycles. The topological polar surface area (TPSA) is 57.3 Å². The Morgan fingerprint density at radius 1 is 0.966 bits per heavy atom. The maximum absolute atomic E-state index is 12.4. The molecule has 1 aliphatic rings. The second-order valence-corrected chi connectivity index (χ2v) is 8.05. The highest BCUT2D eigenvalue weighted by Gasteiger charge is 2.14. The molecule has 2 amide bonds. The van der Waals surface area contributed by atoms with E-state index in [9.17, 15) is 4.79 Å². The Kier molecular flexibility index (Phi) is 5.58. The quantitative estimate of drug-likeness (QED) is 0.547. The fourth-order valence-electron chi connectivity index (χ4n) is 3.75. The van der Waals surface area contributed by atoms with Crippen LogP contribution in [0.3, 0.4) is 0 Å². The average Bonchev–Trinajstić information content (AvgIpc) is 2.71. The Morgan fingerprint density at radius 3 is 2.55 bits per heavy atom. The fourth-order valence-corrected chi connectivity index (χ4v) is 3.92. The largest absolute Gasteiger partial charge is 0.357 e. The number of aryl methyl sites for hydroxylation is 2. The van der Waals surface area contributed by atoms with Crippen LogP contribution in [0.5, 0.6) is 0 Å². The third-order valence-electron chi connectivity index (χ3n) is 5.39. The number of urea groups is 1. The van der Waals surface area contributed by atoms with Gasteiger partial charge in [0.25, 0.3) is 0 Å². The van der Waals surface area contributed by atoms with Crippen molar-refractivity contribution in [2.45, 2.75) is 33.1 Å². The zero-order valence-electron chi connectivity index (χ0n) is 16.8. The number of pyridine rings is 1. The van der Waals surface area contributed by atoms with Gasteiger partial charge in [-0.1, -0.05) is 17.7 Å². The predicted octanol–water partition coefficient (Wildman–Crippen LogP) is 6.14. The van der Waals surface area contributed by atoms with Crippen LogP contribution in [0.4, 0.5) is 22.0 Å². The van der Waals surface area contributed by atoms with E-state index in [1.807, 2.05) is 31.2 Å². The lowest BCUT2D eigenvalue weighted by Gasteiger charge is -2.28. The molecule has 2 N–H and O–H groups in total. The second kappa shape index (κ2) is 8.29. The number of nitrogens with one attached hydrogen (secondary N) is 2. The van der Waals surface area contributed by atoms with Crippen molar-refractivity contribution in [2.24, 2.45) is 0 Å². The molecule has 1 fully saturated rings. The number of halogens is 1. The monoisotopic (exact) mass is 408 g/mol. The number of carbonyl (C=O) groups is 1. The number of amides is 2. The van der Waals surface area contributed by atoms with E-state index in [1.165, 1.54) is 19.3 Å². The van der Waals surface area contributed by atoms with Crippen LogP contribution in [-0.4, -0.2) is 24.1 Å². The Balaban J connectivity index is 1.53. The van der Waals surface area contributed by atoms with Crippen LogP contribution in [0.25, 0.3) is 10.9 Å². The minimum Gasteiger partial charge on any atom is -0.357 e. The molecule has 1 aromatic heterocycles. The van der Waals surface area contributed by atoms with Crippen LogP contribution < -0.4 is 15.5 Å². The molecular weight excluding hydrogens is 384 g/mol. The summed E-state index contributed by atoms with van der Waals surface area (Å²) in [6.07, 6.45) is 3.75. The molecule has 3 aromatic rings. The van der Waals surface area contributed by atoms with Crippen molar-refractivity contribution in [3.8, 4) is 0 Å². The third kappa shape index (κ3) is 4.46. The number of hydrogen-bond acceptors (Lipinski definition) is 3. The standard InChI is InChI=1S/C23H25ClN4O/c1-15-6-7-17(24)13-21(15)27-23(29)25-18-8-9-20-19(14-18)16(2)12-22(26-20)28-10-4-3-5-11-28/h6-9,12-14H,3-5,10-11H2,1-2H3,(H2,25,27,29). The molecule has 6 heteroatoms. The molecule has 4 rings (SSSR count). The summed E-state index contributed by atoms with van der Waals surface area (Å²) in [6.45, 7) is 6.16. The fraction of sp³-hybridized carbons (Fsp3) is 0.304. The molecule has 2 aromatic carbocycles. The molecule has 0 spiro atoms. The van der Waals surface area contributed by atoms with Crippen molar-refractivity contribution >= 4 is 45.7 Å². The summed E-state index contributed by atoms with van der Waals surface area (Å²) in [5.41, 5.74) is 4.48. The van der Waals surface area contributed by atoms with E-state index in [-0.39, 0.29) is 6.03 Å². The van der Waals surface area contributed by atoms with Crippen molar-refractivity contribution in [1.82, 2.24) is 4.98 Å². The summed E-state index contributed by atoms with van der Waals surface area (Å²) in [5, 5.41) is 7.39. The summed E-state index contributed by atoms with van der Waals surface area (Å²) in [6, 6.07) is 13.1. The minimum atomic E-state index is -0.301. The molecule has 1 aliphatic heterocycles. The van der Waals surface area contributed by atoms with Crippen LogP contribution in [0.2, 0.25) is 5.02 Å². The van der Waals surface area contributed by atoms with Gasteiger partial charge in [-0.05, 0) is 80.6 Å². The Labute approximate surface area is 176 Å². The van der Waals surface area contributed by atoms with E-state index in [4.69, 9.17) is 16.6 Å². The SMILES string of the molecule is Cc1ccc(Cl)cc1NC(=O)Nc1ccc2nc(N3CCCCC3)cc(C)c2c1. The summed E-state index contributed by atoms with van der Waals surface area (Å²) in [7, 11) is 0. The molecule has 5 nitrogen and oxygen atoms in total. The number of anilines is 3. The third-order valence-corrected chi connectivity index (χ3v) is 5.62. The van der Waals surface area contributed by atoms with Crippen molar-refractivity contribution < 1.29 is 4.79 Å². The Bertz CT molecular complexity index is 1060. The van der Waals surface area contributed by atoms with Crippen molar-refractivity contribution in [3.05, 3.63) is 58.6 Å². The zero-order valence-corrected chi connectivity index (χ0v) is 17.5. The van der Waals surface area contributed by atoms with Gasteiger partial charge in [0.1, 0.15) is 5.82 Å². The van der Waals surface area contributed by atoms with E-state index >= 15 is 0 Å². The molecule has 29 heavy (non-hydrogen) atoms. The first-order valence-corrected chi connectivity index (χ1v) is 10.4. The van der Waals surface area contributed by atoms with Crippen molar-refractivity contribution in [1.29, 1.82) is 0 Å². The lowest BCUT2D eigenvalue weighted by atomic mass is 10.1. The van der Waals surface area contributed by atoms with Gasteiger partial charge in [-0.2, -0.15) is 0 Å². The molecule has 0 saturated carbocycles. The number of nitrogens with zero attached hydrogens (tertiary/aromatic N) is 2. The van der Waals surface area contributed by atoms with Crippen molar-refractivity contribution in [2.75, 3.05) is 28.6 Å². The minimum absolute atomic E-state index is 0.301. The number of aromatic nitrogens is 1. The molecule has 0 unspecified atom stereocenters. The summed E-state index contributed by atoms with van der Waals surface area (Å²) >= 11 is 6.03. The summed E-state index contributed by atoms with van der Waals surface area (Å²) in [4.78, 5) is 19.7. The van der Waals surface area contributed by atoms with Gasteiger partial charge in [0.2, 0.25) is 0 Å². The number of fused-ring (bicyclic) bond motifs is 1. The second-order valence-electron chi connectivity index (χ2n) is 7.62. The molecule has 0 atom stereocenters. The molecular formula is C23H25ClN4O. The number of piperidine rings is 1. The molecule has 2 heterocycles. The molecule has 0 bridgehead atoms. The van der Waals surface area contributed by atoms with Gasteiger partial charge in [0, 0.05) is 34.9 Å². The van der Waals surface area contributed by atoms with Gasteiger partial charge in [-0.3, -0.25) is 0 Å². The van der Waals surface area contributed by atoms with Gasteiger partial charge >= 0.3 is 6.03 Å². The number of rotatable bonds is 3. The summed E-state index contributed by atoms with van der Waals surface area (Å²) < 4.78 is 0. The van der Waals surface area contributed by atoms with E-state index in [0.717, 1.165) is 46.6 Å². The highest BCUT2D eigenvalue weighted by Crippen LogP contribution is 2.27. The van der Waals surface area contributed by atoms with E-state index in [2.05, 4.69) is 28.5 Å². The highest BCUT2D eigenvalue weighted by molar-refractivity contribution is 6.31. The predicted molar refractivity (Wildman–Crippen MR) is 121 cm³/mol. The van der Waals surface area contributed by atoms with Crippen LogP contribution in [0, 0.1) is 13.8 Å². The van der Waals surface area contributed by atoms with Gasteiger partial charge in [-0.15, -0.1) is 0 Å². The van der Waals surface area contributed by atoms with Gasteiger partial charge in [0.05, 0.1) is 5.52 Å². The first kappa shape index (κ1) is 19.5. The highest BCUT2D eigenvalue weighted by atomic mass is 35.5. The Hall–Kier alpha value is -2.79. The Morgan fingerprint density at radius 2 is 1.76 bits per heavy atom. The average molecular weight is 409 g/mol. The maximum atomic E-state index is 12.4. The number of benzene rings is 2. The van der Waals surface area contributed by atoms with E-state index in [0.29, 0.717) is 10.7 Å². The molecule has 150 valence electrons. The van der Waals surface area contributed by atoms with Gasteiger partial charge in [-0.25, -0.2) is 9.78 Å². The number of carbonyl (C=O) groups excluding carboxylic acids is 1. The smallest absolute Gasteiger partial charge is 0.323 e. The van der Waals surface area contributed by atoms with Crippen molar-refractivity contribution in [3.63, 3.8) is 0 Å². The van der Waals surface area contributed by atoms with Crippen LogP contribution in [-0.2, 0) is 0 Å². The van der Waals surface area contributed by atoms with Gasteiger partial charge in [0.15, 0.2) is 0 Å². The summed E-state index contributed by atoms with van der Waals surface area (Å²) in [5.74, 6) is 1.05. The van der Waals surface area contributed by atoms with Crippen LogP contribution in [0.15, 0.2) is 42.5 Å². The normalized spacial score (nSPS) is 14.1. The lowest BCUT2D eigenvalue weighted by molar-refractivity contribution is 0.262.